The Hall–Kier alpha value is -1.59. The van der Waals surface area contributed by atoms with Gasteiger partial charge < -0.3 is 20.5 Å². The van der Waals surface area contributed by atoms with Crippen LogP contribution in [-0.4, -0.2) is 48.3 Å². The number of nitrogens with zero attached hydrogens (tertiary/aromatic N) is 1. The minimum Gasteiger partial charge on any atom is -0.508 e. The van der Waals surface area contributed by atoms with E-state index in [0.29, 0.717) is 18.7 Å². The summed E-state index contributed by atoms with van der Waals surface area (Å²) in [5.41, 5.74) is 6.12. The van der Waals surface area contributed by atoms with Crippen molar-refractivity contribution in [1.29, 1.82) is 0 Å². The molecule has 0 unspecified atom stereocenters. The first-order chi connectivity index (χ1) is 10.2. The van der Waals surface area contributed by atoms with Crippen LogP contribution in [-0.2, 0) is 16.0 Å². The number of ether oxygens (including phenoxy) is 1. The van der Waals surface area contributed by atoms with Gasteiger partial charge in [-0.15, -0.1) is 0 Å². The van der Waals surface area contributed by atoms with Crippen LogP contribution >= 0.6 is 0 Å². The fraction of sp³-hybridized carbons (Fsp3) is 0.562. The molecule has 5 nitrogen and oxygen atoms in total. The molecule has 2 rings (SSSR count). The van der Waals surface area contributed by atoms with Gasteiger partial charge in [0.15, 0.2) is 0 Å². The minimum absolute atomic E-state index is 0.0666. The van der Waals surface area contributed by atoms with Crippen LogP contribution in [0.25, 0.3) is 0 Å². The van der Waals surface area contributed by atoms with Crippen LogP contribution < -0.4 is 5.73 Å². The number of amides is 1. The molecule has 0 spiro atoms. The highest BCUT2D eigenvalue weighted by Gasteiger charge is 2.23. The quantitative estimate of drug-likeness (QED) is 0.775. The molecular formula is C16H24N2O3. The van der Waals surface area contributed by atoms with Gasteiger partial charge in [0.05, 0.1) is 12.5 Å². The van der Waals surface area contributed by atoms with Crippen molar-refractivity contribution in [1.82, 2.24) is 4.90 Å². The third-order valence-corrected chi connectivity index (χ3v) is 3.83. The van der Waals surface area contributed by atoms with Crippen LogP contribution in [0.2, 0.25) is 0 Å². The first-order valence-electron chi connectivity index (χ1n) is 7.57. The molecule has 0 aliphatic carbocycles. The van der Waals surface area contributed by atoms with Crippen molar-refractivity contribution >= 4 is 5.91 Å². The molecule has 0 atom stereocenters. The third-order valence-electron chi connectivity index (χ3n) is 3.83. The monoisotopic (exact) mass is 292 g/mol. The first kappa shape index (κ1) is 15.8. The van der Waals surface area contributed by atoms with Crippen molar-refractivity contribution in [2.75, 3.05) is 26.2 Å². The Morgan fingerprint density at radius 1 is 1.33 bits per heavy atom. The summed E-state index contributed by atoms with van der Waals surface area (Å²) in [6.07, 6.45) is 3.12. The van der Waals surface area contributed by atoms with Gasteiger partial charge in [0.2, 0.25) is 5.91 Å². The largest absolute Gasteiger partial charge is 0.508 e. The van der Waals surface area contributed by atoms with E-state index in [1.54, 1.807) is 18.2 Å². The maximum atomic E-state index is 12.2. The molecule has 0 radical (unpaired) electrons. The number of carbonyl (C=O) groups is 1. The number of hydrogen-bond acceptors (Lipinski definition) is 4. The molecule has 1 aromatic carbocycles. The Morgan fingerprint density at radius 3 is 2.71 bits per heavy atom. The second kappa shape index (κ2) is 8.00. The van der Waals surface area contributed by atoms with Crippen LogP contribution in [0, 0.1) is 0 Å². The van der Waals surface area contributed by atoms with Gasteiger partial charge >= 0.3 is 0 Å². The molecule has 3 N–H and O–H groups in total. The van der Waals surface area contributed by atoms with E-state index in [2.05, 4.69) is 0 Å². The lowest BCUT2D eigenvalue weighted by molar-refractivity contribution is -0.133. The zero-order chi connectivity index (χ0) is 15.1. The average molecular weight is 292 g/mol. The van der Waals surface area contributed by atoms with Gasteiger partial charge in [-0.25, -0.2) is 0 Å². The molecule has 21 heavy (non-hydrogen) atoms. The average Bonchev–Trinajstić information content (AvgIpc) is 2.50. The number of phenolic OH excluding ortho intramolecular Hbond substituents is 1. The van der Waals surface area contributed by atoms with Crippen molar-refractivity contribution in [3.63, 3.8) is 0 Å². The summed E-state index contributed by atoms with van der Waals surface area (Å²) in [6, 6.07) is 6.99. The summed E-state index contributed by atoms with van der Waals surface area (Å²) >= 11 is 0. The lowest BCUT2D eigenvalue weighted by Crippen LogP contribution is -2.41. The van der Waals surface area contributed by atoms with Crippen molar-refractivity contribution in [3.05, 3.63) is 29.8 Å². The Kier molecular flexibility index (Phi) is 6.02. The van der Waals surface area contributed by atoms with E-state index in [1.165, 1.54) is 0 Å². The number of nitrogens with two attached hydrogens (primary N) is 1. The Bertz CT molecular complexity index is 457. The summed E-state index contributed by atoms with van der Waals surface area (Å²) < 4.78 is 5.73. The van der Waals surface area contributed by atoms with Crippen LogP contribution in [0.3, 0.4) is 0 Å². The smallest absolute Gasteiger partial charge is 0.227 e. The van der Waals surface area contributed by atoms with E-state index in [-0.39, 0.29) is 24.2 Å². The third kappa shape index (κ3) is 4.72. The molecule has 1 heterocycles. The fourth-order valence-corrected chi connectivity index (χ4v) is 2.54. The van der Waals surface area contributed by atoms with Crippen LogP contribution in [0.5, 0.6) is 5.75 Å². The van der Waals surface area contributed by atoms with Crippen LogP contribution in [0.1, 0.15) is 24.8 Å². The van der Waals surface area contributed by atoms with Crippen molar-refractivity contribution < 1.29 is 14.6 Å². The van der Waals surface area contributed by atoms with E-state index in [4.69, 9.17) is 10.5 Å². The van der Waals surface area contributed by atoms with E-state index in [9.17, 15) is 9.90 Å². The summed E-state index contributed by atoms with van der Waals surface area (Å²) in [4.78, 5) is 14.1. The zero-order valence-corrected chi connectivity index (χ0v) is 12.3. The molecule has 5 heteroatoms. The maximum Gasteiger partial charge on any atom is 0.227 e. The molecular weight excluding hydrogens is 268 g/mol. The van der Waals surface area contributed by atoms with Crippen LogP contribution in [0.15, 0.2) is 24.3 Å². The topological polar surface area (TPSA) is 75.8 Å². The highest BCUT2D eigenvalue weighted by Crippen LogP contribution is 2.19. The number of para-hydroxylation sites is 1. The molecule has 1 fully saturated rings. The molecule has 1 amide bonds. The van der Waals surface area contributed by atoms with E-state index in [1.807, 2.05) is 11.0 Å². The minimum atomic E-state index is 0.0666. The normalized spacial score (nSPS) is 16.1. The maximum absolute atomic E-state index is 12.2. The van der Waals surface area contributed by atoms with Crippen LogP contribution in [0.4, 0.5) is 0 Å². The molecule has 1 aromatic rings. The SMILES string of the molecule is NCCCOC1CCN(C(=O)Cc2ccccc2O)CC1. The number of hydrogen-bond donors (Lipinski definition) is 2. The second-order valence-electron chi connectivity index (χ2n) is 5.40. The number of phenols is 1. The standard InChI is InChI=1S/C16H24N2O3/c17-8-3-11-21-14-6-9-18(10-7-14)16(20)12-13-4-1-2-5-15(13)19/h1-2,4-5,14,19H,3,6-12,17H2. The Balaban J connectivity index is 1.77. The first-order valence-corrected chi connectivity index (χ1v) is 7.57. The van der Waals surface area contributed by atoms with Crippen molar-refractivity contribution in [2.45, 2.75) is 31.8 Å². The predicted octanol–water partition coefficient (Wildman–Crippen LogP) is 1.29. The molecule has 1 saturated heterocycles. The van der Waals surface area contributed by atoms with Gasteiger partial charge in [-0.2, -0.15) is 0 Å². The van der Waals surface area contributed by atoms with E-state index < -0.39 is 0 Å². The summed E-state index contributed by atoms with van der Waals surface area (Å²) in [5.74, 6) is 0.253. The number of benzene rings is 1. The molecule has 0 saturated carbocycles. The van der Waals surface area contributed by atoms with E-state index >= 15 is 0 Å². The van der Waals surface area contributed by atoms with Crippen molar-refractivity contribution in [3.8, 4) is 5.75 Å². The molecule has 1 aliphatic rings. The summed E-state index contributed by atoms with van der Waals surface area (Å²) in [6.45, 7) is 2.80. The number of rotatable bonds is 6. The molecule has 116 valence electrons. The predicted molar refractivity (Wildman–Crippen MR) is 81.0 cm³/mol. The molecule has 0 bridgehead atoms. The number of aromatic hydroxyl groups is 1. The fourth-order valence-electron chi connectivity index (χ4n) is 2.54. The lowest BCUT2D eigenvalue weighted by atomic mass is 10.1. The number of piperidine rings is 1. The second-order valence-corrected chi connectivity index (χ2v) is 5.40. The molecule has 0 aromatic heterocycles. The van der Waals surface area contributed by atoms with Gasteiger partial charge in [0, 0.05) is 25.3 Å². The number of likely N-dealkylation sites (tertiary alicyclic amines) is 1. The summed E-state index contributed by atoms with van der Waals surface area (Å²) in [5, 5.41) is 9.72. The van der Waals surface area contributed by atoms with Crippen molar-refractivity contribution in [2.24, 2.45) is 5.73 Å². The summed E-state index contributed by atoms with van der Waals surface area (Å²) in [7, 11) is 0. The highest BCUT2D eigenvalue weighted by molar-refractivity contribution is 5.79. The Labute approximate surface area is 125 Å². The van der Waals surface area contributed by atoms with Gasteiger partial charge in [0.1, 0.15) is 5.75 Å². The number of carbonyl (C=O) groups excluding carboxylic acids is 1. The van der Waals surface area contributed by atoms with Gasteiger partial charge in [-0.1, -0.05) is 18.2 Å². The molecule has 1 aliphatic heterocycles. The zero-order valence-electron chi connectivity index (χ0n) is 12.3. The highest BCUT2D eigenvalue weighted by atomic mass is 16.5. The van der Waals surface area contributed by atoms with Gasteiger partial charge in [0.25, 0.3) is 0 Å². The van der Waals surface area contributed by atoms with Gasteiger partial charge in [-0.05, 0) is 31.9 Å². The lowest BCUT2D eigenvalue weighted by Gasteiger charge is -2.32. The van der Waals surface area contributed by atoms with E-state index in [0.717, 1.165) is 32.4 Å². The van der Waals surface area contributed by atoms with Gasteiger partial charge in [-0.3, -0.25) is 4.79 Å². The Morgan fingerprint density at radius 2 is 2.05 bits per heavy atom.